The Morgan fingerprint density at radius 3 is 2.46 bits per heavy atom. The number of rotatable bonds is 4. The Bertz CT molecular complexity index is 671. The summed E-state index contributed by atoms with van der Waals surface area (Å²) in [7, 11) is 0. The molecule has 0 radical (unpaired) electrons. The van der Waals surface area contributed by atoms with E-state index in [0.717, 1.165) is 51.9 Å². The minimum absolute atomic E-state index is 0.0751. The molecule has 7 heteroatoms. The molecule has 1 aromatic carbocycles. The Balaban J connectivity index is 1.51. The average molecular weight is 382 g/mol. The highest BCUT2D eigenvalue weighted by Crippen LogP contribution is 2.25. The average Bonchev–Trinajstić information content (AvgIpc) is 3.17. The van der Waals surface area contributed by atoms with Crippen LogP contribution in [0.5, 0.6) is 0 Å². The Morgan fingerprint density at radius 2 is 1.85 bits per heavy atom. The maximum atomic E-state index is 13.1. The minimum atomic E-state index is -0.439. The molecule has 0 bridgehead atoms. The van der Waals surface area contributed by atoms with Crippen molar-refractivity contribution in [3.63, 3.8) is 0 Å². The molecule has 3 rings (SSSR count). The summed E-state index contributed by atoms with van der Waals surface area (Å²) in [6.07, 6.45) is 3.77. The molecule has 2 heterocycles. The maximum absolute atomic E-state index is 13.1. The molecule has 26 heavy (non-hydrogen) atoms. The van der Waals surface area contributed by atoms with Gasteiger partial charge < -0.3 is 10.2 Å². The highest BCUT2D eigenvalue weighted by Gasteiger charge is 2.32. The van der Waals surface area contributed by atoms with E-state index in [0.29, 0.717) is 5.69 Å². The van der Waals surface area contributed by atoms with Gasteiger partial charge in [0.1, 0.15) is 5.82 Å². The van der Waals surface area contributed by atoms with Crippen LogP contribution >= 0.6 is 11.6 Å². The molecule has 1 N–H and O–H groups in total. The number of halogens is 2. The molecule has 2 aliphatic heterocycles. The topological polar surface area (TPSA) is 52.7 Å². The van der Waals surface area contributed by atoms with Crippen LogP contribution in [0.3, 0.4) is 0 Å². The third-order valence-electron chi connectivity index (χ3n) is 5.41. The van der Waals surface area contributed by atoms with E-state index >= 15 is 0 Å². The monoisotopic (exact) mass is 381 g/mol. The van der Waals surface area contributed by atoms with Gasteiger partial charge in [-0.1, -0.05) is 11.6 Å². The van der Waals surface area contributed by atoms with Crippen LogP contribution in [-0.2, 0) is 9.59 Å². The summed E-state index contributed by atoms with van der Waals surface area (Å²) in [5.74, 6) is -0.267. The predicted octanol–water partition coefficient (Wildman–Crippen LogP) is 3.14. The van der Waals surface area contributed by atoms with E-state index in [-0.39, 0.29) is 28.8 Å². The van der Waals surface area contributed by atoms with Crippen molar-refractivity contribution in [1.82, 2.24) is 9.80 Å². The van der Waals surface area contributed by atoms with E-state index in [9.17, 15) is 14.0 Å². The number of hydrogen-bond donors (Lipinski definition) is 1. The van der Waals surface area contributed by atoms with Gasteiger partial charge in [0.15, 0.2) is 0 Å². The van der Waals surface area contributed by atoms with Gasteiger partial charge in [-0.2, -0.15) is 0 Å². The van der Waals surface area contributed by atoms with Crippen LogP contribution in [0.1, 0.15) is 32.6 Å². The number of piperidine rings is 1. The third-order valence-corrected chi connectivity index (χ3v) is 5.73. The second kappa shape index (κ2) is 8.35. The fraction of sp³-hybridized carbons (Fsp3) is 0.579. The van der Waals surface area contributed by atoms with Crippen molar-refractivity contribution in [3.8, 4) is 0 Å². The zero-order chi connectivity index (χ0) is 18.7. The normalized spacial score (nSPS) is 20.2. The van der Waals surface area contributed by atoms with Crippen LogP contribution in [0.15, 0.2) is 18.2 Å². The number of likely N-dealkylation sites (tertiary alicyclic amines) is 2. The zero-order valence-corrected chi connectivity index (χ0v) is 15.8. The number of benzene rings is 1. The van der Waals surface area contributed by atoms with Crippen molar-refractivity contribution in [1.29, 1.82) is 0 Å². The van der Waals surface area contributed by atoms with Crippen molar-refractivity contribution >= 4 is 29.1 Å². The molecule has 2 amide bonds. The molecule has 0 aromatic heterocycles. The molecule has 2 saturated heterocycles. The van der Waals surface area contributed by atoms with Crippen LogP contribution < -0.4 is 5.32 Å². The highest BCUT2D eigenvalue weighted by molar-refractivity contribution is 6.33. The molecular weight excluding hydrogens is 357 g/mol. The molecular formula is C19H25ClFN3O2. The lowest BCUT2D eigenvalue weighted by atomic mass is 9.94. The maximum Gasteiger partial charge on any atom is 0.241 e. The second-order valence-corrected chi connectivity index (χ2v) is 7.54. The van der Waals surface area contributed by atoms with Gasteiger partial charge in [-0.05, 0) is 63.9 Å². The number of carbonyl (C=O) groups excluding carboxylic acids is 2. The molecule has 0 unspecified atom stereocenters. The summed E-state index contributed by atoms with van der Waals surface area (Å²) in [4.78, 5) is 29.1. The molecule has 142 valence electrons. The first-order valence-electron chi connectivity index (χ1n) is 9.24. The van der Waals surface area contributed by atoms with Crippen molar-refractivity contribution in [2.75, 3.05) is 31.5 Å². The quantitative estimate of drug-likeness (QED) is 0.871. The lowest BCUT2D eigenvalue weighted by Gasteiger charge is -2.36. The lowest BCUT2D eigenvalue weighted by molar-refractivity contribution is -0.136. The first kappa shape index (κ1) is 19.1. The summed E-state index contributed by atoms with van der Waals surface area (Å²) in [6.45, 7) is 5.05. The number of amides is 2. The zero-order valence-electron chi connectivity index (χ0n) is 15.0. The SMILES string of the molecule is C[C@@H](C(=O)Nc1ccc(F)cc1Cl)N1CCC(C(=O)N2CCCC2)CC1. The standard InChI is InChI=1S/C19H25ClFN3O2/c1-13(18(25)22-17-5-4-15(21)12-16(17)20)23-10-6-14(7-11-23)19(26)24-8-2-3-9-24/h4-5,12-14H,2-3,6-11H2,1H3,(H,22,25)/t13-/m0/s1. The summed E-state index contributed by atoms with van der Waals surface area (Å²) >= 11 is 5.97. The smallest absolute Gasteiger partial charge is 0.241 e. The van der Waals surface area contributed by atoms with Crippen molar-refractivity contribution in [2.24, 2.45) is 5.92 Å². The molecule has 0 aliphatic carbocycles. The van der Waals surface area contributed by atoms with Crippen LogP contribution in [0.2, 0.25) is 5.02 Å². The van der Waals surface area contributed by atoms with Gasteiger partial charge in [-0.25, -0.2) is 4.39 Å². The van der Waals surface area contributed by atoms with Crippen molar-refractivity contribution in [2.45, 2.75) is 38.6 Å². The summed E-state index contributed by atoms with van der Waals surface area (Å²) in [5, 5.41) is 2.94. The first-order chi connectivity index (χ1) is 12.5. The van der Waals surface area contributed by atoms with Gasteiger partial charge in [0.25, 0.3) is 0 Å². The number of carbonyl (C=O) groups is 2. The number of nitrogens with one attached hydrogen (secondary N) is 1. The largest absolute Gasteiger partial charge is 0.342 e. The second-order valence-electron chi connectivity index (χ2n) is 7.13. The number of anilines is 1. The van der Waals surface area contributed by atoms with E-state index in [2.05, 4.69) is 10.2 Å². The summed E-state index contributed by atoms with van der Waals surface area (Å²) in [5.41, 5.74) is 0.406. The molecule has 1 aromatic rings. The molecule has 2 aliphatic rings. The molecule has 0 spiro atoms. The third kappa shape index (κ3) is 4.35. The van der Waals surface area contributed by atoms with Gasteiger partial charge in [0.2, 0.25) is 11.8 Å². The minimum Gasteiger partial charge on any atom is -0.342 e. The van der Waals surface area contributed by atoms with Gasteiger partial charge >= 0.3 is 0 Å². The van der Waals surface area contributed by atoms with E-state index in [1.807, 2.05) is 11.8 Å². The molecule has 0 saturated carbocycles. The molecule has 5 nitrogen and oxygen atoms in total. The van der Waals surface area contributed by atoms with E-state index in [1.54, 1.807) is 0 Å². The van der Waals surface area contributed by atoms with E-state index in [4.69, 9.17) is 11.6 Å². The predicted molar refractivity (Wildman–Crippen MR) is 99.6 cm³/mol. The fourth-order valence-corrected chi connectivity index (χ4v) is 3.94. The van der Waals surface area contributed by atoms with Gasteiger partial charge in [-0.15, -0.1) is 0 Å². The van der Waals surface area contributed by atoms with Crippen molar-refractivity contribution in [3.05, 3.63) is 29.0 Å². The van der Waals surface area contributed by atoms with E-state index < -0.39 is 5.82 Å². The van der Waals surface area contributed by atoms with Gasteiger partial charge in [0.05, 0.1) is 16.8 Å². The van der Waals surface area contributed by atoms with Gasteiger partial charge in [0, 0.05) is 19.0 Å². The summed E-state index contributed by atoms with van der Waals surface area (Å²) in [6, 6.07) is 3.57. The fourth-order valence-electron chi connectivity index (χ4n) is 3.72. The van der Waals surface area contributed by atoms with Crippen LogP contribution in [-0.4, -0.2) is 53.8 Å². The Labute approximate surface area is 158 Å². The Morgan fingerprint density at radius 1 is 1.19 bits per heavy atom. The highest BCUT2D eigenvalue weighted by atomic mass is 35.5. The first-order valence-corrected chi connectivity index (χ1v) is 9.62. The van der Waals surface area contributed by atoms with Crippen LogP contribution in [0.25, 0.3) is 0 Å². The van der Waals surface area contributed by atoms with Crippen LogP contribution in [0.4, 0.5) is 10.1 Å². The number of hydrogen-bond acceptors (Lipinski definition) is 3. The summed E-state index contributed by atoms with van der Waals surface area (Å²) < 4.78 is 13.1. The Hall–Kier alpha value is -1.66. The molecule has 2 fully saturated rings. The van der Waals surface area contributed by atoms with Crippen molar-refractivity contribution < 1.29 is 14.0 Å². The number of nitrogens with zero attached hydrogens (tertiary/aromatic N) is 2. The van der Waals surface area contributed by atoms with Crippen LogP contribution in [0, 0.1) is 11.7 Å². The van der Waals surface area contributed by atoms with Gasteiger partial charge in [-0.3, -0.25) is 14.5 Å². The molecule has 1 atom stereocenters. The van der Waals surface area contributed by atoms with E-state index in [1.165, 1.54) is 18.2 Å². The lowest BCUT2D eigenvalue weighted by Crippen LogP contribution is -2.48. The Kier molecular flexibility index (Phi) is 6.14.